The van der Waals surface area contributed by atoms with Crippen LogP contribution in [0, 0.1) is 11.8 Å². The number of fused-ring (bicyclic) bond motifs is 1. The highest BCUT2D eigenvalue weighted by Crippen LogP contribution is 2.37. The third kappa shape index (κ3) is 6.25. The van der Waals surface area contributed by atoms with E-state index in [1.54, 1.807) is 11.3 Å². The molecule has 2 aliphatic carbocycles. The van der Waals surface area contributed by atoms with Crippen molar-refractivity contribution in [2.24, 2.45) is 11.8 Å². The molecule has 0 radical (unpaired) electrons. The molecule has 1 amide bonds. The molecule has 2 aromatic heterocycles. The van der Waals surface area contributed by atoms with Gasteiger partial charge >= 0.3 is 5.97 Å². The SMILES string of the molecule is C[C@@H]1CCCC[C@H]1n1c(Cc2cccs2)nc2cc(C(=O)NC(CC(=O)O)CC3CCCCC3)ccc21. The molecule has 6 nitrogen and oxygen atoms in total. The number of amides is 1. The van der Waals surface area contributed by atoms with Gasteiger partial charge in [0.05, 0.1) is 17.5 Å². The van der Waals surface area contributed by atoms with Crippen LogP contribution in [0.3, 0.4) is 0 Å². The number of rotatable bonds is 9. The number of imidazole rings is 1. The van der Waals surface area contributed by atoms with Crippen molar-refractivity contribution in [1.82, 2.24) is 14.9 Å². The third-order valence-corrected chi connectivity index (χ3v) is 9.31. The van der Waals surface area contributed by atoms with E-state index in [1.807, 2.05) is 18.2 Å². The molecule has 0 bridgehead atoms. The lowest BCUT2D eigenvalue weighted by Gasteiger charge is -2.31. The van der Waals surface area contributed by atoms with Crippen LogP contribution in [-0.4, -0.2) is 32.6 Å². The summed E-state index contributed by atoms with van der Waals surface area (Å²) in [6, 6.07) is 10.1. The number of thiophene rings is 1. The molecule has 2 heterocycles. The summed E-state index contributed by atoms with van der Waals surface area (Å²) in [5.41, 5.74) is 2.49. The highest BCUT2D eigenvalue weighted by Gasteiger charge is 2.28. The van der Waals surface area contributed by atoms with E-state index in [0.29, 0.717) is 23.4 Å². The normalized spacial score (nSPS) is 21.6. The van der Waals surface area contributed by atoms with Crippen molar-refractivity contribution < 1.29 is 14.7 Å². The average Bonchev–Trinajstić information content (AvgIpc) is 3.52. The molecule has 7 heteroatoms. The fourth-order valence-electron chi connectivity index (χ4n) is 6.53. The van der Waals surface area contributed by atoms with Crippen LogP contribution in [0.4, 0.5) is 0 Å². The number of carbonyl (C=O) groups excluding carboxylic acids is 1. The molecule has 2 saturated carbocycles. The highest BCUT2D eigenvalue weighted by atomic mass is 32.1. The second-order valence-electron chi connectivity index (χ2n) is 11.2. The lowest BCUT2D eigenvalue weighted by Crippen LogP contribution is -2.38. The van der Waals surface area contributed by atoms with E-state index in [-0.39, 0.29) is 18.4 Å². The monoisotopic (exact) mass is 521 g/mol. The van der Waals surface area contributed by atoms with Gasteiger partial charge in [0.25, 0.3) is 5.91 Å². The molecule has 0 spiro atoms. The number of carbonyl (C=O) groups is 2. The van der Waals surface area contributed by atoms with E-state index in [9.17, 15) is 14.7 Å². The van der Waals surface area contributed by atoms with Crippen LogP contribution in [-0.2, 0) is 11.2 Å². The number of benzene rings is 1. The molecular formula is C30H39N3O3S. The van der Waals surface area contributed by atoms with Crippen LogP contribution in [0.15, 0.2) is 35.7 Å². The maximum absolute atomic E-state index is 13.3. The Labute approximate surface area is 223 Å². The minimum absolute atomic E-state index is 0.0381. The van der Waals surface area contributed by atoms with E-state index in [4.69, 9.17) is 4.98 Å². The Bertz CT molecular complexity index is 1210. The Morgan fingerprint density at radius 3 is 2.62 bits per heavy atom. The molecule has 37 heavy (non-hydrogen) atoms. The zero-order chi connectivity index (χ0) is 25.8. The number of carboxylic acid groups (broad SMARTS) is 1. The van der Waals surface area contributed by atoms with Gasteiger partial charge in [0.1, 0.15) is 5.82 Å². The molecule has 0 aliphatic heterocycles. The second kappa shape index (κ2) is 11.8. The standard InChI is InChI=1S/C30H39N3O3S/c1-20-8-5-6-12-26(20)33-27-14-13-22(17-25(27)32-28(33)19-24-11-7-15-37-24)30(36)31-23(18-29(34)35)16-21-9-3-2-4-10-21/h7,11,13-15,17,20-21,23,26H,2-6,8-10,12,16,18-19H2,1H3,(H,31,36)(H,34,35)/t20-,23?,26-/m1/s1. The quantitative estimate of drug-likeness (QED) is 0.318. The van der Waals surface area contributed by atoms with Gasteiger partial charge in [0, 0.05) is 28.9 Å². The van der Waals surface area contributed by atoms with Crippen LogP contribution in [0.2, 0.25) is 0 Å². The lowest BCUT2D eigenvalue weighted by atomic mass is 9.84. The summed E-state index contributed by atoms with van der Waals surface area (Å²) in [7, 11) is 0. The number of hydrogen-bond acceptors (Lipinski definition) is 4. The third-order valence-electron chi connectivity index (χ3n) is 8.43. The fourth-order valence-corrected chi connectivity index (χ4v) is 7.23. The van der Waals surface area contributed by atoms with Gasteiger partial charge in [-0.3, -0.25) is 9.59 Å². The molecule has 198 valence electrons. The molecule has 2 fully saturated rings. The zero-order valence-electron chi connectivity index (χ0n) is 21.8. The Morgan fingerprint density at radius 1 is 1.11 bits per heavy atom. The maximum atomic E-state index is 13.3. The summed E-state index contributed by atoms with van der Waals surface area (Å²) < 4.78 is 2.44. The Morgan fingerprint density at radius 2 is 1.89 bits per heavy atom. The predicted molar refractivity (Wildman–Crippen MR) is 148 cm³/mol. The van der Waals surface area contributed by atoms with Crippen molar-refractivity contribution in [3.05, 3.63) is 52.0 Å². The first kappa shape index (κ1) is 26.0. The number of nitrogens with zero attached hydrogens (tertiary/aromatic N) is 2. The van der Waals surface area contributed by atoms with Crippen LogP contribution in [0.5, 0.6) is 0 Å². The topological polar surface area (TPSA) is 84.2 Å². The molecule has 3 atom stereocenters. The van der Waals surface area contributed by atoms with Crippen molar-refractivity contribution in [3.8, 4) is 0 Å². The van der Waals surface area contributed by atoms with E-state index in [1.165, 1.54) is 43.4 Å². The molecule has 2 aliphatic rings. The molecule has 0 saturated heterocycles. The Kier molecular flexibility index (Phi) is 8.28. The first-order valence-electron chi connectivity index (χ1n) is 14.0. The van der Waals surface area contributed by atoms with E-state index in [0.717, 1.165) is 49.0 Å². The summed E-state index contributed by atoms with van der Waals surface area (Å²) in [5.74, 6) is 1.08. The summed E-state index contributed by atoms with van der Waals surface area (Å²) in [4.78, 5) is 31.2. The largest absolute Gasteiger partial charge is 0.481 e. The van der Waals surface area contributed by atoms with E-state index < -0.39 is 5.97 Å². The number of aromatic nitrogens is 2. The van der Waals surface area contributed by atoms with Crippen molar-refractivity contribution in [1.29, 1.82) is 0 Å². The van der Waals surface area contributed by atoms with Crippen molar-refractivity contribution in [2.45, 2.75) is 96.1 Å². The van der Waals surface area contributed by atoms with Gasteiger partial charge in [-0.2, -0.15) is 0 Å². The van der Waals surface area contributed by atoms with Crippen molar-refractivity contribution in [3.63, 3.8) is 0 Å². The molecule has 1 aromatic carbocycles. The van der Waals surface area contributed by atoms with Crippen molar-refractivity contribution >= 4 is 34.2 Å². The van der Waals surface area contributed by atoms with Gasteiger partial charge in [0.15, 0.2) is 0 Å². The molecular weight excluding hydrogens is 482 g/mol. The van der Waals surface area contributed by atoms with Gasteiger partial charge in [-0.25, -0.2) is 4.98 Å². The van der Waals surface area contributed by atoms with Gasteiger partial charge < -0.3 is 15.0 Å². The summed E-state index contributed by atoms with van der Waals surface area (Å²) in [6.45, 7) is 2.35. The number of hydrogen-bond donors (Lipinski definition) is 2. The van der Waals surface area contributed by atoms with Gasteiger partial charge in [-0.05, 0) is 60.7 Å². The summed E-state index contributed by atoms with van der Waals surface area (Å²) >= 11 is 1.75. The minimum Gasteiger partial charge on any atom is -0.481 e. The maximum Gasteiger partial charge on any atom is 0.305 e. The Hall–Kier alpha value is -2.67. The van der Waals surface area contributed by atoms with E-state index in [2.05, 4.69) is 34.3 Å². The molecule has 2 N–H and O–H groups in total. The smallest absolute Gasteiger partial charge is 0.305 e. The van der Waals surface area contributed by atoms with Gasteiger partial charge in [-0.1, -0.05) is 57.9 Å². The van der Waals surface area contributed by atoms with Crippen molar-refractivity contribution in [2.75, 3.05) is 0 Å². The lowest BCUT2D eigenvalue weighted by molar-refractivity contribution is -0.137. The van der Waals surface area contributed by atoms with Gasteiger partial charge in [-0.15, -0.1) is 11.3 Å². The zero-order valence-corrected chi connectivity index (χ0v) is 22.6. The molecule has 3 aromatic rings. The van der Waals surface area contributed by atoms with E-state index >= 15 is 0 Å². The summed E-state index contributed by atoms with van der Waals surface area (Å²) in [6.07, 6.45) is 12.3. The predicted octanol–water partition coefficient (Wildman–Crippen LogP) is 6.98. The number of carboxylic acids is 1. The summed E-state index contributed by atoms with van der Waals surface area (Å²) in [5, 5.41) is 14.6. The minimum atomic E-state index is -0.866. The van der Waals surface area contributed by atoms with Crippen LogP contribution in [0.25, 0.3) is 11.0 Å². The molecule has 1 unspecified atom stereocenters. The molecule has 5 rings (SSSR count). The van der Waals surface area contributed by atoms with Crippen LogP contribution < -0.4 is 5.32 Å². The fraction of sp³-hybridized carbons (Fsp3) is 0.567. The Balaban J connectivity index is 1.41. The first-order chi connectivity index (χ1) is 18.0. The second-order valence-corrected chi connectivity index (χ2v) is 12.2. The number of aliphatic carboxylic acids is 1. The number of nitrogens with one attached hydrogen (secondary N) is 1. The van der Waals surface area contributed by atoms with Crippen LogP contribution >= 0.6 is 11.3 Å². The van der Waals surface area contributed by atoms with Gasteiger partial charge in [0.2, 0.25) is 0 Å². The first-order valence-corrected chi connectivity index (χ1v) is 14.9. The van der Waals surface area contributed by atoms with Crippen LogP contribution in [0.1, 0.15) is 105 Å². The highest BCUT2D eigenvalue weighted by molar-refractivity contribution is 7.09. The average molecular weight is 522 g/mol.